The van der Waals surface area contributed by atoms with Gasteiger partial charge in [-0.05, 0) is 43.3 Å². The molecule has 0 radical (unpaired) electrons. The molecule has 0 bridgehead atoms. The molecule has 1 unspecified atom stereocenters. The van der Waals surface area contributed by atoms with Gasteiger partial charge >= 0.3 is 0 Å². The third kappa shape index (κ3) is 4.93. The minimum atomic E-state index is -3.33. The lowest BCUT2D eigenvalue weighted by atomic mass is 10.1. The summed E-state index contributed by atoms with van der Waals surface area (Å²) >= 11 is 0. The van der Waals surface area contributed by atoms with Gasteiger partial charge in [0, 0.05) is 18.3 Å². The van der Waals surface area contributed by atoms with Crippen molar-refractivity contribution in [1.82, 2.24) is 20.3 Å². The molecule has 1 saturated heterocycles. The van der Waals surface area contributed by atoms with Gasteiger partial charge in [-0.15, -0.1) is 5.10 Å². The van der Waals surface area contributed by atoms with Gasteiger partial charge in [0.05, 0.1) is 30.4 Å². The lowest BCUT2D eigenvalue weighted by Crippen LogP contribution is -2.36. The Morgan fingerprint density at radius 1 is 1.21 bits per heavy atom. The minimum absolute atomic E-state index is 0.297. The lowest BCUT2D eigenvalue weighted by molar-refractivity contribution is 0.606. The number of hydrogen-bond donors (Lipinski definition) is 2. The second-order valence-corrected chi connectivity index (χ2v) is 8.94. The van der Waals surface area contributed by atoms with Crippen molar-refractivity contribution >= 4 is 21.4 Å². The van der Waals surface area contributed by atoms with Crippen molar-refractivity contribution in [3.63, 3.8) is 0 Å². The molecule has 1 fully saturated rings. The normalized spacial score (nSPS) is 16.7. The minimum Gasteiger partial charge on any atom is -0.361 e. The van der Waals surface area contributed by atoms with Gasteiger partial charge in [-0.1, -0.05) is 29.5 Å². The van der Waals surface area contributed by atoms with Crippen LogP contribution in [0.25, 0.3) is 5.69 Å². The van der Waals surface area contributed by atoms with E-state index in [1.165, 1.54) is 0 Å². The van der Waals surface area contributed by atoms with Gasteiger partial charge in [-0.2, -0.15) is 0 Å². The summed E-state index contributed by atoms with van der Waals surface area (Å²) in [7, 11) is -3.33. The standard InChI is InChI=1S/C20H24N6O2S/c1-29(27,28)23-16-6-5-9-19(12-16)25(20-10-11-21-13-20)14-17-15-26(24-22-17)18-7-3-2-4-8-18/h2-9,12,15,20-21,23H,10-11,13-14H2,1H3. The highest BCUT2D eigenvalue weighted by Crippen LogP contribution is 2.26. The molecule has 0 amide bonds. The fourth-order valence-corrected chi connectivity index (χ4v) is 4.11. The average molecular weight is 413 g/mol. The van der Waals surface area contributed by atoms with Crippen LogP contribution in [-0.2, 0) is 16.6 Å². The predicted octanol–water partition coefficient (Wildman–Crippen LogP) is 2.01. The van der Waals surface area contributed by atoms with E-state index in [-0.39, 0.29) is 0 Å². The summed E-state index contributed by atoms with van der Waals surface area (Å²) in [6, 6.07) is 17.6. The second-order valence-electron chi connectivity index (χ2n) is 7.19. The molecule has 3 aromatic rings. The monoisotopic (exact) mass is 412 g/mol. The van der Waals surface area contributed by atoms with Gasteiger partial charge in [-0.25, -0.2) is 13.1 Å². The van der Waals surface area contributed by atoms with Crippen LogP contribution < -0.4 is 14.9 Å². The Labute approximate surface area is 170 Å². The number of para-hydroxylation sites is 1. The van der Waals surface area contributed by atoms with Crippen LogP contribution in [0, 0.1) is 0 Å². The number of anilines is 2. The molecule has 0 spiro atoms. The molecule has 1 aromatic heterocycles. The van der Waals surface area contributed by atoms with Gasteiger partial charge in [0.25, 0.3) is 0 Å². The van der Waals surface area contributed by atoms with E-state index in [2.05, 4.69) is 25.3 Å². The highest BCUT2D eigenvalue weighted by atomic mass is 32.2. The molecule has 0 saturated carbocycles. The molecule has 29 heavy (non-hydrogen) atoms. The predicted molar refractivity (Wildman–Crippen MR) is 114 cm³/mol. The zero-order chi connectivity index (χ0) is 20.3. The number of rotatable bonds is 7. The summed E-state index contributed by atoms with van der Waals surface area (Å²) in [5.41, 5.74) is 3.30. The molecule has 2 aromatic carbocycles. The summed E-state index contributed by atoms with van der Waals surface area (Å²) in [6.07, 6.45) is 4.10. The van der Waals surface area contributed by atoms with Crippen LogP contribution in [0.5, 0.6) is 0 Å². The van der Waals surface area contributed by atoms with Gasteiger partial charge in [0.1, 0.15) is 5.69 Å². The van der Waals surface area contributed by atoms with Crippen molar-refractivity contribution in [3.05, 3.63) is 66.5 Å². The van der Waals surface area contributed by atoms with Gasteiger partial charge in [0.15, 0.2) is 0 Å². The maximum atomic E-state index is 11.6. The molecule has 8 nitrogen and oxygen atoms in total. The van der Waals surface area contributed by atoms with Crippen molar-refractivity contribution in [3.8, 4) is 5.69 Å². The fraction of sp³-hybridized carbons (Fsp3) is 0.300. The van der Waals surface area contributed by atoms with Crippen molar-refractivity contribution in [2.24, 2.45) is 0 Å². The average Bonchev–Trinajstić information content (AvgIpc) is 3.38. The topological polar surface area (TPSA) is 92.2 Å². The number of sulfonamides is 1. The Hall–Kier alpha value is -2.91. The van der Waals surface area contributed by atoms with Crippen molar-refractivity contribution in [1.29, 1.82) is 0 Å². The van der Waals surface area contributed by atoms with E-state index >= 15 is 0 Å². The summed E-state index contributed by atoms with van der Waals surface area (Å²) < 4.78 is 27.5. The molecule has 1 atom stereocenters. The molecule has 152 valence electrons. The first kappa shape index (κ1) is 19.4. The Morgan fingerprint density at radius 2 is 2.03 bits per heavy atom. The summed E-state index contributed by atoms with van der Waals surface area (Å²) in [4.78, 5) is 2.26. The maximum absolute atomic E-state index is 11.6. The smallest absolute Gasteiger partial charge is 0.229 e. The first-order valence-corrected chi connectivity index (χ1v) is 11.4. The van der Waals surface area contributed by atoms with Crippen LogP contribution in [0.2, 0.25) is 0 Å². The zero-order valence-electron chi connectivity index (χ0n) is 16.2. The third-order valence-electron chi connectivity index (χ3n) is 4.85. The fourth-order valence-electron chi connectivity index (χ4n) is 3.55. The first-order chi connectivity index (χ1) is 14.0. The highest BCUT2D eigenvalue weighted by molar-refractivity contribution is 7.92. The summed E-state index contributed by atoms with van der Waals surface area (Å²) in [5, 5.41) is 12.0. The molecule has 0 aliphatic carbocycles. The SMILES string of the molecule is CS(=O)(=O)Nc1cccc(N(Cc2cn(-c3ccccc3)nn2)C2CCNC2)c1. The van der Waals surface area contributed by atoms with E-state index in [4.69, 9.17) is 0 Å². The zero-order valence-corrected chi connectivity index (χ0v) is 17.0. The largest absolute Gasteiger partial charge is 0.361 e. The van der Waals surface area contributed by atoms with Crippen LogP contribution in [0.4, 0.5) is 11.4 Å². The maximum Gasteiger partial charge on any atom is 0.229 e. The van der Waals surface area contributed by atoms with Crippen LogP contribution in [0.3, 0.4) is 0 Å². The summed E-state index contributed by atoms with van der Waals surface area (Å²) in [6.45, 7) is 2.41. The highest BCUT2D eigenvalue weighted by Gasteiger charge is 2.24. The third-order valence-corrected chi connectivity index (χ3v) is 5.46. The summed E-state index contributed by atoms with van der Waals surface area (Å²) in [5.74, 6) is 0. The van der Waals surface area contributed by atoms with E-state index in [9.17, 15) is 8.42 Å². The number of hydrogen-bond acceptors (Lipinski definition) is 6. The molecule has 1 aliphatic rings. The van der Waals surface area contributed by atoms with E-state index in [0.29, 0.717) is 18.3 Å². The lowest BCUT2D eigenvalue weighted by Gasteiger charge is -2.30. The van der Waals surface area contributed by atoms with E-state index in [1.54, 1.807) is 10.7 Å². The van der Waals surface area contributed by atoms with Crippen molar-refractivity contribution in [2.45, 2.75) is 19.0 Å². The number of nitrogens with zero attached hydrogens (tertiary/aromatic N) is 4. The Balaban J connectivity index is 1.60. The van der Waals surface area contributed by atoms with Crippen molar-refractivity contribution < 1.29 is 8.42 Å². The van der Waals surface area contributed by atoms with E-state index in [1.807, 2.05) is 54.7 Å². The quantitative estimate of drug-likeness (QED) is 0.617. The van der Waals surface area contributed by atoms with E-state index < -0.39 is 10.0 Å². The molecule has 4 rings (SSSR count). The van der Waals surface area contributed by atoms with Gasteiger partial charge in [-0.3, -0.25) is 4.72 Å². The van der Waals surface area contributed by atoms with Crippen molar-refractivity contribution in [2.75, 3.05) is 29.0 Å². The number of aromatic nitrogens is 3. The molecule has 9 heteroatoms. The van der Waals surface area contributed by atoms with E-state index in [0.717, 1.165) is 42.8 Å². The molecule has 1 aliphatic heterocycles. The Bertz CT molecular complexity index is 1060. The van der Waals surface area contributed by atoms with Gasteiger partial charge in [0.2, 0.25) is 10.0 Å². The second kappa shape index (κ2) is 8.22. The Morgan fingerprint density at radius 3 is 2.76 bits per heavy atom. The van der Waals surface area contributed by atoms with Crippen LogP contribution in [0.15, 0.2) is 60.8 Å². The van der Waals surface area contributed by atoms with Crippen LogP contribution in [0.1, 0.15) is 12.1 Å². The van der Waals surface area contributed by atoms with Crippen LogP contribution >= 0.6 is 0 Å². The first-order valence-electron chi connectivity index (χ1n) is 9.50. The van der Waals surface area contributed by atoms with Crippen LogP contribution in [-0.4, -0.2) is 48.8 Å². The molecular formula is C20H24N6O2S. The number of nitrogens with one attached hydrogen (secondary N) is 2. The Kier molecular flexibility index (Phi) is 5.50. The van der Waals surface area contributed by atoms with Gasteiger partial charge < -0.3 is 10.2 Å². The number of benzene rings is 2. The molecule has 2 heterocycles. The molecular weight excluding hydrogens is 388 g/mol. The molecule has 2 N–H and O–H groups in total.